The highest BCUT2D eigenvalue weighted by atomic mass is 16.6. The van der Waals surface area contributed by atoms with Crippen molar-refractivity contribution in [3.63, 3.8) is 0 Å². The predicted octanol–water partition coefficient (Wildman–Crippen LogP) is 2.17. The van der Waals surface area contributed by atoms with Crippen LogP contribution in [0, 0.1) is 17.0 Å². The zero-order valence-electron chi connectivity index (χ0n) is 7.82. The van der Waals surface area contributed by atoms with Gasteiger partial charge in [-0.2, -0.15) is 0 Å². The molecule has 4 heteroatoms. The number of nitro benzene ring substituents is 1. The summed E-state index contributed by atoms with van der Waals surface area (Å²) in [7, 11) is 0. The lowest BCUT2D eigenvalue weighted by molar-refractivity contribution is -0.385. The zero-order chi connectivity index (χ0) is 10.7. The number of hydrogen-bond acceptors (Lipinski definition) is 3. The molecule has 0 heterocycles. The minimum atomic E-state index is -0.493. The van der Waals surface area contributed by atoms with Gasteiger partial charge in [-0.25, -0.2) is 0 Å². The summed E-state index contributed by atoms with van der Waals surface area (Å²) in [6.45, 7) is 4.96. The Kier molecular flexibility index (Phi) is 2.96. The normalized spacial score (nSPS) is 9.86. The number of hydrogen-bond donors (Lipinski definition) is 0. The third-order valence-electron chi connectivity index (χ3n) is 1.96. The van der Waals surface area contributed by atoms with E-state index < -0.39 is 4.92 Å². The van der Waals surface area contributed by atoms with Crippen molar-refractivity contribution < 1.29 is 9.72 Å². The third-order valence-corrected chi connectivity index (χ3v) is 1.96. The summed E-state index contributed by atoms with van der Waals surface area (Å²) >= 11 is 0. The second kappa shape index (κ2) is 4.00. The molecule has 0 unspecified atom stereocenters. The Morgan fingerprint density at radius 3 is 2.64 bits per heavy atom. The molecule has 0 aliphatic rings. The van der Waals surface area contributed by atoms with E-state index in [9.17, 15) is 14.9 Å². The number of carbonyl (C=O) groups excluding carboxylic acids is 1. The van der Waals surface area contributed by atoms with Crippen molar-refractivity contribution in [3.05, 3.63) is 46.4 Å². The quantitative estimate of drug-likeness (QED) is 0.419. The molecule has 4 nitrogen and oxygen atoms in total. The van der Waals surface area contributed by atoms with E-state index in [-0.39, 0.29) is 11.5 Å². The summed E-state index contributed by atoms with van der Waals surface area (Å²) in [5.74, 6) is -0.177. The molecule has 0 bridgehead atoms. The van der Waals surface area contributed by atoms with Crippen molar-refractivity contribution in [1.29, 1.82) is 0 Å². The van der Waals surface area contributed by atoms with Gasteiger partial charge in [0.2, 0.25) is 0 Å². The summed E-state index contributed by atoms with van der Waals surface area (Å²) in [6.07, 6.45) is 0.342. The van der Waals surface area contributed by atoms with Crippen molar-refractivity contribution in [1.82, 2.24) is 0 Å². The van der Waals surface area contributed by atoms with Crippen LogP contribution in [0.1, 0.15) is 22.8 Å². The fourth-order valence-corrected chi connectivity index (χ4v) is 1.16. The molecule has 0 aromatic heterocycles. The van der Waals surface area contributed by atoms with E-state index in [1.165, 1.54) is 13.0 Å². The maximum atomic E-state index is 11.0. The Hall–Kier alpha value is -1.71. The summed E-state index contributed by atoms with van der Waals surface area (Å²) in [4.78, 5) is 21.1. The average molecular weight is 192 g/mol. The van der Waals surface area contributed by atoms with Crippen LogP contribution in [-0.4, -0.2) is 10.7 Å². The second-order valence-electron chi connectivity index (χ2n) is 2.91. The van der Waals surface area contributed by atoms with Crippen LogP contribution < -0.4 is 0 Å². The van der Waals surface area contributed by atoms with Crippen LogP contribution in [0.4, 0.5) is 5.69 Å². The lowest BCUT2D eigenvalue weighted by atomic mass is 10.1. The lowest BCUT2D eigenvalue weighted by Gasteiger charge is -2.01. The smallest absolute Gasteiger partial charge is 0.273 e. The van der Waals surface area contributed by atoms with Gasteiger partial charge in [0.15, 0.2) is 5.78 Å². The first-order valence-corrected chi connectivity index (χ1v) is 4.13. The standard InChI is InChI=1S/C10H10NO3/c1-3-8-4-5-9(7(2)12)6-10(8)11(13)14/h4-6H,1,3H2,2H3. The Labute approximate surface area is 81.7 Å². The lowest BCUT2D eigenvalue weighted by Crippen LogP contribution is -1.98. The highest BCUT2D eigenvalue weighted by Gasteiger charge is 2.14. The third kappa shape index (κ3) is 1.96. The van der Waals surface area contributed by atoms with Crippen LogP contribution in [-0.2, 0) is 6.42 Å². The van der Waals surface area contributed by atoms with Gasteiger partial charge in [0, 0.05) is 17.2 Å². The maximum absolute atomic E-state index is 11.0. The predicted molar refractivity (Wildman–Crippen MR) is 52.2 cm³/mol. The largest absolute Gasteiger partial charge is 0.295 e. The molecule has 1 aromatic carbocycles. The van der Waals surface area contributed by atoms with Gasteiger partial charge >= 0.3 is 0 Å². The van der Waals surface area contributed by atoms with Crippen molar-refractivity contribution in [3.8, 4) is 0 Å². The topological polar surface area (TPSA) is 60.2 Å². The Morgan fingerprint density at radius 1 is 1.57 bits per heavy atom. The van der Waals surface area contributed by atoms with Crippen molar-refractivity contribution in [2.24, 2.45) is 0 Å². The van der Waals surface area contributed by atoms with E-state index in [0.717, 1.165) is 0 Å². The van der Waals surface area contributed by atoms with Gasteiger partial charge < -0.3 is 0 Å². The molecule has 0 atom stereocenters. The maximum Gasteiger partial charge on any atom is 0.273 e. The molecule has 14 heavy (non-hydrogen) atoms. The molecule has 0 saturated heterocycles. The first-order chi connectivity index (χ1) is 6.56. The Morgan fingerprint density at radius 2 is 2.21 bits per heavy atom. The Balaban J connectivity index is 3.27. The Bertz CT molecular complexity index is 385. The van der Waals surface area contributed by atoms with Crippen molar-refractivity contribution in [2.45, 2.75) is 13.3 Å². The van der Waals surface area contributed by atoms with Gasteiger partial charge in [-0.15, -0.1) is 0 Å². The molecule has 1 rings (SSSR count). The molecule has 1 radical (unpaired) electrons. The number of ketones is 1. The summed E-state index contributed by atoms with van der Waals surface area (Å²) < 4.78 is 0. The average Bonchev–Trinajstić information content (AvgIpc) is 2.16. The van der Waals surface area contributed by atoms with Crippen molar-refractivity contribution >= 4 is 11.5 Å². The van der Waals surface area contributed by atoms with Gasteiger partial charge in [-0.05, 0) is 20.3 Å². The second-order valence-corrected chi connectivity index (χ2v) is 2.91. The van der Waals surface area contributed by atoms with Crippen LogP contribution in [0.3, 0.4) is 0 Å². The molecule has 0 spiro atoms. The van der Waals surface area contributed by atoms with Crippen LogP contribution in [0.5, 0.6) is 0 Å². The first-order valence-electron chi connectivity index (χ1n) is 4.13. The van der Waals surface area contributed by atoms with Gasteiger partial charge in [0.05, 0.1) is 4.92 Å². The van der Waals surface area contributed by atoms with E-state index in [4.69, 9.17) is 0 Å². The number of carbonyl (C=O) groups is 1. The highest BCUT2D eigenvalue weighted by Crippen LogP contribution is 2.20. The van der Waals surface area contributed by atoms with E-state index in [1.807, 2.05) is 0 Å². The molecule has 0 N–H and O–H groups in total. The molecule has 1 aromatic rings. The molecular weight excluding hydrogens is 182 g/mol. The fourth-order valence-electron chi connectivity index (χ4n) is 1.16. The highest BCUT2D eigenvalue weighted by molar-refractivity contribution is 5.94. The van der Waals surface area contributed by atoms with Crippen LogP contribution in [0.2, 0.25) is 0 Å². The van der Waals surface area contributed by atoms with E-state index in [2.05, 4.69) is 6.92 Å². The summed E-state index contributed by atoms with van der Waals surface area (Å²) in [6, 6.07) is 4.44. The molecule has 0 aliphatic carbocycles. The van der Waals surface area contributed by atoms with Gasteiger partial charge in [-0.3, -0.25) is 14.9 Å². The molecule has 73 valence electrons. The molecule has 0 aliphatic heterocycles. The number of benzene rings is 1. The van der Waals surface area contributed by atoms with Gasteiger partial charge in [-0.1, -0.05) is 12.1 Å². The van der Waals surface area contributed by atoms with Gasteiger partial charge in [0.1, 0.15) is 0 Å². The number of rotatable bonds is 3. The van der Waals surface area contributed by atoms with E-state index in [0.29, 0.717) is 17.5 Å². The molecule has 0 fully saturated rings. The van der Waals surface area contributed by atoms with Crippen LogP contribution >= 0.6 is 0 Å². The minimum absolute atomic E-state index is 0.0345. The molecule has 0 saturated carbocycles. The zero-order valence-corrected chi connectivity index (χ0v) is 7.82. The monoisotopic (exact) mass is 192 g/mol. The van der Waals surface area contributed by atoms with Gasteiger partial charge in [0.25, 0.3) is 5.69 Å². The first kappa shape index (κ1) is 10.4. The number of nitrogens with zero attached hydrogens (tertiary/aromatic N) is 1. The van der Waals surface area contributed by atoms with Crippen molar-refractivity contribution in [2.75, 3.05) is 0 Å². The molecular formula is C10H10NO3. The summed E-state index contributed by atoms with van der Waals surface area (Å²) in [5, 5.41) is 10.6. The molecule has 0 amide bonds. The van der Waals surface area contributed by atoms with E-state index in [1.54, 1.807) is 12.1 Å². The van der Waals surface area contributed by atoms with Crippen LogP contribution in [0.15, 0.2) is 18.2 Å². The number of Topliss-reactive ketones (excluding diaryl/α,β-unsaturated/α-hetero) is 1. The minimum Gasteiger partial charge on any atom is -0.295 e. The van der Waals surface area contributed by atoms with Crippen LogP contribution in [0.25, 0.3) is 0 Å². The summed E-state index contributed by atoms with van der Waals surface area (Å²) in [5.41, 5.74) is 0.863. The fraction of sp³-hybridized carbons (Fsp3) is 0.200. The SMILES string of the molecule is [CH2]Cc1ccc(C(C)=O)cc1[N+](=O)[O-]. The van der Waals surface area contributed by atoms with E-state index >= 15 is 0 Å². The number of nitro groups is 1.